The highest BCUT2D eigenvalue weighted by Gasteiger charge is 2.49. The number of anilines is 1. The predicted molar refractivity (Wildman–Crippen MR) is 122 cm³/mol. The number of amides is 1. The Labute approximate surface area is 194 Å². The Morgan fingerprint density at radius 1 is 1.21 bits per heavy atom. The fourth-order valence-electron chi connectivity index (χ4n) is 5.30. The number of carbonyl (C=O) groups excluding carboxylic acids is 2. The van der Waals surface area contributed by atoms with Crippen molar-refractivity contribution in [2.75, 3.05) is 32.0 Å². The zero-order valence-electron chi connectivity index (χ0n) is 19.5. The normalized spacial score (nSPS) is 25.4. The van der Waals surface area contributed by atoms with Gasteiger partial charge in [0.2, 0.25) is 0 Å². The van der Waals surface area contributed by atoms with Crippen molar-refractivity contribution in [3.63, 3.8) is 0 Å². The minimum absolute atomic E-state index is 0.153. The fourth-order valence-corrected chi connectivity index (χ4v) is 5.30. The molecule has 1 saturated carbocycles. The maximum absolute atomic E-state index is 13.4. The van der Waals surface area contributed by atoms with Crippen molar-refractivity contribution in [3.05, 3.63) is 47.7 Å². The highest BCUT2D eigenvalue weighted by molar-refractivity contribution is 5.90. The van der Waals surface area contributed by atoms with Crippen molar-refractivity contribution < 1.29 is 28.4 Å². The van der Waals surface area contributed by atoms with Gasteiger partial charge >= 0.3 is 5.97 Å². The van der Waals surface area contributed by atoms with E-state index >= 15 is 0 Å². The van der Waals surface area contributed by atoms with Crippen LogP contribution in [-0.4, -0.2) is 59.4 Å². The van der Waals surface area contributed by atoms with Crippen molar-refractivity contribution >= 4 is 17.7 Å². The van der Waals surface area contributed by atoms with Gasteiger partial charge in [-0.1, -0.05) is 54.8 Å². The molecule has 1 aromatic carbocycles. The van der Waals surface area contributed by atoms with Crippen LogP contribution < -0.4 is 5.32 Å². The number of aromatic nitrogens is 1. The number of aryl methyl sites for hydroxylation is 1. The number of ether oxygens (including phenoxy) is 1. The Kier molecular flexibility index (Phi) is 6.86. The first-order valence-corrected chi connectivity index (χ1v) is 11.8. The quantitative estimate of drug-likeness (QED) is 0.490. The molecule has 2 N–H and O–H groups in total. The molecule has 1 aliphatic carbocycles. The molecule has 0 bridgehead atoms. The molecule has 8 heteroatoms. The molecule has 1 aromatic heterocycles. The minimum atomic E-state index is -1.64. The first kappa shape index (κ1) is 23.4. The number of nitrogens with one attached hydrogen (secondary N) is 1. The van der Waals surface area contributed by atoms with E-state index in [1.807, 2.05) is 25.2 Å². The number of hydrogen-bond donors (Lipinski definition) is 2. The maximum atomic E-state index is 13.4. The van der Waals surface area contributed by atoms with Crippen LogP contribution in [0.4, 0.5) is 5.82 Å². The molecule has 4 rings (SSSR count). The second kappa shape index (κ2) is 9.65. The molecular weight excluding hydrogens is 422 g/mol. The number of likely N-dealkylation sites (N-methyl/N-ethyl adjacent to an activating group) is 1. The summed E-state index contributed by atoms with van der Waals surface area (Å²) in [6.45, 7) is 3.23. The van der Waals surface area contributed by atoms with E-state index in [0.717, 1.165) is 32.1 Å². The first-order valence-electron chi connectivity index (χ1n) is 11.8. The molecule has 2 aromatic rings. The molecule has 33 heavy (non-hydrogen) atoms. The van der Waals surface area contributed by atoms with Gasteiger partial charge in [-0.25, -0.2) is 4.79 Å². The van der Waals surface area contributed by atoms with Crippen LogP contribution in [0.1, 0.15) is 49.8 Å². The Morgan fingerprint density at radius 2 is 1.94 bits per heavy atom. The van der Waals surface area contributed by atoms with Gasteiger partial charge in [-0.05, 0) is 25.3 Å². The summed E-state index contributed by atoms with van der Waals surface area (Å²) >= 11 is 0. The van der Waals surface area contributed by atoms with Gasteiger partial charge in [0, 0.05) is 18.4 Å². The third-order valence-electron chi connectivity index (χ3n) is 7.05. The van der Waals surface area contributed by atoms with E-state index in [4.69, 9.17) is 9.26 Å². The van der Waals surface area contributed by atoms with Gasteiger partial charge < -0.3 is 24.2 Å². The van der Waals surface area contributed by atoms with E-state index in [2.05, 4.69) is 10.5 Å². The molecule has 3 atom stereocenters. The van der Waals surface area contributed by atoms with Crippen LogP contribution in [0.5, 0.6) is 0 Å². The van der Waals surface area contributed by atoms with Gasteiger partial charge in [0.15, 0.2) is 24.1 Å². The second-order valence-corrected chi connectivity index (χ2v) is 9.84. The summed E-state index contributed by atoms with van der Waals surface area (Å²) in [4.78, 5) is 25.9. The average Bonchev–Trinajstić information content (AvgIpc) is 3.38. The molecule has 8 nitrogen and oxygen atoms in total. The van der Waals surface area contributed by atoms with Gasteiger partial charge in [0.25, 0.3) is 5.91 Å². The smallest absolute Gasteiger partial charge is 0.343 e. The number of aliphatic hydroxyl groups is 1. The molecule has 2 aliphatic rings. The lowest BCUT2D eigenvalue weighted by Crippen LogP contribution is -2.49. The Bertz CT molecular complexity index is 971. The van der Waals surface area contributed by atoms with Crippen molar-refractivity contribution in [3.8, 4) is 0 Å². The molecule has 0 radical (unpaired) electrons. The first-order chi connectivity index (χ1) is 15.8. The second-order valence-electron chi connectivity index (χ2n) is 9.84. The fraction of sp³-hybridized carbons (Fsp3) is 0.560. The van der Waals surface area contributed by atoms with Crippen molar-refractivity contribution in [2.45, 2.75) is 57.2 Å². The molecule has 1 saturated heterocycles. The molecule has 2 heterocycles. The Balaban J connectivity index is 1.41. The average molecular weight is 457 g/mol. The predicted octanol–water partition coefficient (Wildman–Crippen LogP) is 3.15. The lowest BCUT2D eigenvalue weighted by atomic mass is 9.73. The monoisotopic (exact) mass is 456 g/mol. The summed E-state index contributed by atoms with van der Waals surface area (Å²) in [6, 6.07) is 10.8. The highest BCUT2D eigenvalue weighted by atomic mass is 16.6. The minimum Gasteiger partial charge on any atom is -0.454 e. The van der Waals surface area contributed by atoms with Crippen LogP contribution in [0, 0.1) is 12.8 Å². The van der Waals surface area contributed by atoms with E-state index in [1.165, 1.54) is 0 Å². The number of quaternary nitrogens is 1. The Morgan fingerprint density at radius 3 is 2.61 bits per heavy atom. The van der Waals surface area contributed by atoms with Crippen LogP contribution in [-0.2, 0) is 19.9 Å². The van der Waals surface area contributed by atoms with Crippen molar-refractivity contribution in [1.82, 2.24) is 5.16 Å². The summed E-state index contributed by atoms with van der Waals surface area (Å²) in [5.74, 6) is 0.136. The molecule has 178 valence electrons. The van der Waals surface area contributed by atoms with Gasteiger partial charge in [0.1, 0.15) is 12.3 Å². The molecule has 1 aliphatic heterocycles. The highest BCUT2D eigenvalue weighted by Crippen LogP contribution is 2.41. The number of nitrogens with zero attached hydrogens (tertiary/aromatic N) is 2. The number of carbonyl (C=O) groups is 2. The molecule has 0 spiro atoms. The number of likely N-dealkylation sites (tertiary alicyclic amines) is 1. The third kappa shape index (κ3) is 5.28. The number of esters is 1. The zero-order valence-corrected chi connectivity index (χ0v) is 19.5. The van der Waals surface area contributed by atoms with E-state index in [1.54, 1.807) is 25.1 Å². The van der Waals surface area contributed by atoms with Crippen LogP contribution in [0.3, 0.4) is 0 Å². The molecule has 1 amide bonds. The maximum Gasteiger partial charge on any atom is 0.343 e. The van der Waals surface area contributed by atoms with Crippen LogP contribution >= 0.6 is 0 Å². The van der Waals surface area contributed by atoms with E-state index in [0.29, 0.717) is 41.1 Å². The summed E-state index contributed by atoms with van der Waals surface area (Å²) in [5.41, 5.74) is -1.05. The SMILES string of the molecule is Cc1cc(NC(=O)C[N@+]2(C)CCC(OC(=O)C(O)(c3ccccc3)C3CCCCC3)C2)no1. The van der Waals surface area contributed by atoms with E-state index in [9.17, 15) is 14.7 Å². The standard InChI is InChI=1S/C25H33N3O5/c1-18-15-22(27-33-18)26-23(29)17-28(2)14-13-21(16-28)32-24(30)25(31,19-9-5-3-6-10-19)20-11-7-4-8-12-20/h3,5-6,9-10,15,20-21,31H,4,7-8,11-14,16-17H2,1-2H3/p+1/t21?,25?,28-/m1/s1. The van der Waals surface area contributed by atoms with Crippen LogP contribution in [0.2, 0.25) is 0 Å². The topological polar surface area (TPSA) is 102 Å². The summed E-state index contributed by atoms with van der Waals surface area (Å²) in [7, 11) is 1.98. The van der Waals surface area contributed by atoms with E-state index in [-0.39, 0.29) is 24.5 Å². The summed E-state index contributed by atoms with van der Waals surface area (Å²) in [5, 5.41) is 18.3. The van der Waals surface area contributed by atoms with Crippen LogP contribution in [0.15, 0.2) is 40.9 Å². The lowest BCUT2D eigenvalue weighted by Gasteiger charge is -2.37. The molecule has 2 fully saturated rings. The number of hydrogen-bond acceptors (Lipinski definition) is 6. The molecular formula is C25H34N3O5+. The lowest BCUT2D eigenvalue weighted by molar-refractivity contribution is -0.890. The van der Waals surface area contributed by atoms with Crippen molar-refractivity contribution in [2.24, 2.45) is 5.92 Å². The number of rotatable bonds is 7. The largest absolute Gasteiger partial charge is 0.454 e. The van der Waals surface area contributed by atoms with E-state index < -0.39 is 11.6 Å². The zero-order chi connectivity index (χ0) is 23.5. The van der Waals surface area contributed by atoms with Crippen LogP contribution in [0.25, 0.3) is 0 Å². The number of benzene rings is 1. The summed E-state index contributed by atoms with van der Waals surface area (Å²) < 4.78 is 11.4. The molecule has 2 unspecified atom stereocenters. The van der Waals surface area contributed by atoms with Gasteiger partial charge in [-0.15, -0.1) is 0 Å². The Hall–Kier alpha value is -2.71. The van der Waals surface area contributed by atoms with Gasteiger partial charge in [0.05, 0.1) is 13.6 Å². The third-order valence-corrected chi connectivity index (χ3v) is 7.05. The van der Waals surface area contributed by atoms with Crippen molar-refractivity contribution in [1.29, 1.82) is 0 Å². The van der Waals surface area contributed by atoms with Gasteiger partial charge in [-0.2, -0.15) is 0 Å². The van der Waals surface area contributed by atoms with Gasteiger partial charge in [-0.3, -0.25) is 4.79 Å². The summed E-state index contributed by atoms with van der Waals surface area (Å²) in [6.07, 6.45) is 5.06.